The Morgan fingerprint density at radius 2 is 1.94 bits per heavy atom. The van der Waals surface area contributed by atoms with Crippen molar-refractivity contribution in [3.63, 3.8) is 0 Å². The number of rotatable bonds is 6. The average molecular weight is 243 g/mol. The van der Waals surface area contributed by atoms with E-state index in [2.05, 4.69) is 5.32 Å². The van der Waals surface area contributed by atoms with E-state index in [1.807, 2.05) is 0 Å². The highest BCUT2D eigenvalue weighted by atomic mass is 19.1. The van der Waals surface area contributed by atoms with Crippen molar-refractivity contribution in [2.75, 3.05) is 13.2 Å². The minimum absolute atomic E-state index is 0.118. The van der Waals surface area contributed by atoms with E-state index in [-0.39, 0.29) is 13.2 Å². The summed E-state index contributed by atoms with van der Waals surface area (Å²) in [6.45, 7) is 0.0656. The minimum Gasteiger partial charge on any atom is -0.485 e. The summed E-state index contributed by atoms with van der Waals surface area (Å²) >= 11 is 0. The predicted octanol–water partition coefficient (Wildman–Crippen LogP) is 1.59. The summed E-state index contributed by atoms with van der Waals surface area (Å²) in [7, 11) is 0. The summed E-state index contributed by atoms with van der Waals surface area (Å²) in [5, 5.41) is 11.7. The lowest BCUT2D eigenvalue weighted by Gasteiger charge is -2.09. The van der Waals surface area contributed by atoms with E-state index in [1.165, 1.54) is 12.1 Å². The second-order valence-corrected chi connectivity index (χ2v) is 4.12. The maximum Gasteiger partial charge on any atom is 0.190 e. The van der Waals surface area contributed by atoms with Gasteiger partial charge in [0, 0.05) is 12.6 Å². The van der Waals surface area contributed by atoms with Crippen molar-refractivity contribution >= 4 is 0 Å². The van der Waals surface area contributed by atoms with Crippen LogP contribution in [0.4, 0.5) is 8.78 Å². The number of ether oxygens (including phenoxy) is 1. The van der Waals surface area contributed by atoms with Gasteiger partial charge in [0.1, 0.15) is 6.61 Å². The maximum absolute atomic E-state index is 13.5. The fourth-order valence-corrected chi connectivity index (χ4v) is 1.55. The van der Waals surface area contributed by atoms with Crippen LogP contribution < -0.4 is 10.1 Å². The molecule has 0 atom stereocenters. The molecule has 2 N–H and O–H groups in total. The molecule has 0 amide bonds. The Hall–Kier alpha value is -1.20. The zero-order valence-corrected chi connectivity index (χ0v) is 9.38. The molecule has 1 aromatic rings. The molecule has 2 rings (SSSR count). The van der Waals surface area contributed by atoms with E-state index in [9.17, 15) is 8.78 Å². The lowest BCUT2D eigenvalue weighted by molar-refractivity contribution is 0.191. The van der Waals surface area contributed by atoms with Crippen molar-refractivity contribution in [3.8, 4) is 5.75 Å². The van der Waals surface area contributed by atoms with Crippen molar-refractivity contribution in [1.29, 1.82) is 0 Å². The first-order chi connectivity index (χ1) is 8.20. The SMILES string of the molecule is OCCOc1c(F)cc(CNC2CC2)cc1F. The first kappa shape index (κ1) is 12.3. The number of halogens is 2. The molecule has 0 spiro atoms. The van der Waals surface area contributed by atoms with Gasteiger partial charge >= 0.3 is 0 Å². The van der Waals surface area contributed by atoms with Gasteiger partial charge in [0.15, 0.2) is 17.4 Å². The highest BCUT2D eigenvalue weighted by molar-refractivity contribution is 5.31. The van der Waals surface area contributed by atoms with Gasteiger partial charge in [-0.25, -0.2) is 8.78 Å². The third-order valence-electron chi connectivity index (χ3n) is 2.57. The molecule has 1 saturated carbocycles. The molecule has 1 fully saturated rings. The molecule has 0 unspecified atom stereocenters. The number of hydrogen-bond donors (Lipinski definition) is 2. The molecule has 1 aliphatic rings. The summed E-state index contributed by atoms with van der Waals surface area (Å²) < 4.78 is 31.8. The van der Waals surface area contributed by atoms with Gasteiger partial charge in [-0.15, -0.1) is 0 Å². The summed E-state index contributed by atoms with van der Waals surface area (Å²) in [5.41, 5.74) is 0.559. The molecule has 0 aromatic heterocycles. The second-order valence-electron chi connectivity index (χ2n) is 4.12. The van der Waals surface area contributed by atoms with Crippen molar-refractivity contribution in [2.45, 2.75) is 25.4 Å². The smallest absolute Gasteiger partial charge is 0.190 e. The number of aliphatic hydroxyl groups is 1. The second kappa shape index (κ2) is 5.42. The van der Waals surface area contributed by atoms with Crippen molar-refractivity contribution < 1.29 is 18.6 Å². The molecule has 5 heteroatoms. The van der Waals surface area contributed by atoms with Crippen LogP contribution in [-0.4, -0.2) is 24.4 Å². The van der Waals surface area contributed by atoms with Crippen LogP contribution in [-0.2, 0) is 6.54 Å². The van der Waals surface area contributed by atoms with Gasteiger partial charge in [-0.1, -0.05) is 0 Å². The standard InChI is InChI=1S/C12H15F2NO2/c13-10-5-8(7-15-9-1-2-9)6-11(14)12(10)17-4-3-16/h5-6,9,15-16H,1-4,7H2. The van der Waals surface area contributed by atoms with Gasteiger partial charge < -0.3 is 15.2 Å². The van der Waals surface area contributed by atoms with Crippen molar-refractivity contribution in [2.24, 2.45) is 0 Å². The zero-order chi connectivity index (χ0) is 12.3. The van der Waals surface area contributed by atoms with Gasteiger partial charge in [0.05, 0.1) is 6.61 Å². The topological polar surface area (TPSA) is 41.5 Å². The molecule has 0 heterocycles. The number of benzene rings is 1. The fourth-order valence-electron chi connectivity index (χ4n) is 1.55. The average Bonchev–Trinajstić information content (AvgIpc) is 3.09. The summed E-state index contributed by atoms with van der Waals surface area (Å²) in [4.78, 5) is 0. The molecule has 0 radical (unpaired) electrons. The van der Waals surface area contributed by atoms with E-state index >= 15 is 0 Å². The van der Waals surface area contributed by atoms with E-state index < -0.39 is 17.4 Å². The zero-order valence-electron chi connectivity index (χ0n) is 9.38. The highest BCUT2D eigenvalue weighted by Gasteiger charge is 2.20. The Kier molecular flexibility index (Phi) is 3.91. The number of hydrogen-bond acceptors (Lipinski definition) is 3. The largest absolute Gasteiger partial charge is 0.485 e. The molecule has 1 aromatic carbocycles. The molecular formula is C12H15F2NO2. The fraction of sp³-hybridized carbons (Fsp3) is 0.500. The lowest BCUT2D eigenvalue weighted by atomic mass is 10.2. The van der Waals surface area contributed by atoms with Crippen molar-refractivity contribution in [3.05, 3.63) is 29.3 Å². The normalized spacial score (nSPS) is 15.0. The van der Waals surface area contributed by atoms with Crippen LogP contribution in [0.5, 0.6) is 5.75 Å². The number of nitrogens with one attached hydrogen (secondary N) is 1. The van der Waals surface area contributed by atoms with Crippen LogP contribution in [0.15, 0.2) is 12.1 Å². The Bertz CT molecular complexity index is 371. The molecule has 17 heavy (non-hydrogen) atoms. The summed E-state index contributed by atoms with van der Waals surface area (Å²) in [6, 6.07) is 3.00. The van der Waals surface area contributed by atoms with Crippen LogP contribution in [0.3, 0.4) is 0 Å². The van der Waals surface area contributed by atoms with E-state index in [0.717, 1.165) is 12.8 Å². The van der Waals surface area contributed by atoms with Crippen LogP contribution in [0.1, 0.15) is 18.4 Å². The Balaban J connectivity index is 2.03. The Labute approximate surface area is 98.4 Å². The molecule has 1 aliphatic carbocycles. The molecule has 3 nitrogen and oxygen atoms in total. The predicted molar refractivity (Wildman–Crippen MR) is 58.8 cm³/mol. The maximum atomic E-state index is 13.5. The van der Waals surface area contributed by atoms with Gasteiger partial charge in [-0.05, 0) is 30.5 Å². The first-order valence-electron chi connectivity index (χ1n) is 5.65. The van der Waals surface area contributed by atoms with E-state index in [1.54, 1.807) is 0 Å². The highest BCUT2D eigenvalue weighted by Crippen LogP contribution is 2.24. The molecular weight excluding hydrogens is 228 g/mol. The van der Waals surface area contributed by atoms with Gasteiger partial charge in [-0.3, -0.25) is 0 Å². The molecule has 0 aliphatic heterocycles. The van der Waals surface area contributed by atoms with Crippen molar-refractivity contribution in [1.82, 2.24) is 5.32 Å². The van der Waals surface area contributed by atoms with Gasteiger partial charge in [0.2, 0.25) is 0 Å². The van der Waals surface area contributed by atoms with E-state index in [4.69, 9.17) is 9.84 Å². The third kappa shape index (κ3) is 3.38. The van der Waals surface area contributed by atoms with Gasteiger partial charge in [0.25, 0.3) is 0 Å². The molecule has 94 valence electrons. The lowest BCUT2D eigenvalue weighted by Crippen LogP contribution is -2.16. The quantitative estimate of drug-likeness (QED) is 0.797. The van der Waals surface area contributed by atoms with Crippen LogP contribution >= 0.6 is 0 Å². The van der Waals surface area contributed by atoms with Crippen LogP contribution in [0.2, 0.25) is 0 Å². The van der Waals surface area contributed by atoms with Gasteiger partial charge in [-0.2, -0.15) is 0 Å². The first-order valence-corrected chi connectivity index (χ1v) is 5.65. The molecule has 0 saturated heterocycles. The van der Waals surface area contributed by atoms with Crippen LogP contribution in [0, 0.1) is 11.6 Å². The third-order valence-corrected chi connectivity index (χ3v) is 2.57. The summed E-state index contributed by atoms with van der Waals surface area (Å²) in [5.74, 6) is -1.88. The molecule has 0 bridgehead atoms. The summed E-state index contributed by atoms with van der Waals surface area (Å²) in [6.07, 6.45) is 2.26. The van der Waals surface area contributed by atoms with Crippen LogP contribution in [0.25, 0.3) is 0 Å². The Morgan fingerprint density at radius 3 is 2.47 bits per heavy atom. The Morgan fingerprint density at radius 1 is 1.29 bits per heavy atom. The minimum atomic E-state index is -0.731. The number of aliphatic hydroxyl groups excluding tert-OH is 1. The van der Waals surface area contributed by atoms with E-state index in [0.29, 0.717) is 18.2 Å². The monoisotopic (exact) mass is 243 g/mol.